The van der Waals surface area contributed by atoms with Crippen molar-refractivity contribution in [2.75, 3.05) is 24.5 Å². The summed E-state index contributed by atoms with van der Waals surface area (Å²) in [6.45, 7) is 3.28. The summed E-state index contributed by atoms with van der Waals surface area (Å²) in [7, 11) is 0. The molecule has 4 heteroatoms. The third kappa shape index (κ3) is 4.50. The van der Waals surface area contributed by atoms with Crippen LogP contribution in [0.15, 0.2) is 84.9 Å². The summed E-state index contributed by atoms with van der Waals surface area (Å²) in [5, 5.41) is 10.5. The number of benzene rings is 3. The second kappa shape index (κ2) is 9.86. The number of aliphatic hydroxyl groups is 1. The lowest BCUT2D eigenvalue weighted by molar-refractivity contribution is 0.145. The summed E-state index contributed by atoms with van der Waals surface area (Å²) in [5.74, 6) is 0.550. The number of nitrogens with zero attached hydrogens (tertiary/aromatic N) is 2. The maximum absolute atomic E-state index is 10.5. The van der Waals surface area contributed by atoms with Crippen LogP contribution in [0, 0.1) is 0 Å². The number of para-hydroxylation sites is 2. The molecule has 1 saturated heterocycles. The highest BCUT2D eigenvalue weighted by Gasteiger charge is 2.42. The first-order valence-corrected chi connectivity index (χ1v) is 11.2. The standard InChI is InChI=1S/C27H30N2O.ClH/c30-27(21-10-3-1-4-11-21)16-9-18-28-19-17-26-24(20-28)23-14-7-8-15-25(23)29(26)22-12-5-2-6-13-22;/h1-8,10-15,24,26-27,30H,9,16-20H2;1H/t24-,26+,27?;/m1./s1. The van der Waals surface area contributed by atoms with Crippen molar-refractivity contribution in [3.63, 3.8) is 0 Å². The molecule has 1 fully saturated rings. The minimum atomic E-state index is -0.357. The quantitative estimate of drug-likeness (QED) is 0.520. The predicted octanol–water partition coefficient (Wildman–Crippen LogP) is 5.93. The van der Waals surface area contributed by atoms with E-state index >= 15 is 0 Å². The van der Waals surface area contributed by atoms with Crippen LogP contribution in [0.2, 0.25) is 0 Å². The number of rotatable bonds is 6. The smallest absolute Gasteiger partial charge is 0.0790 e. The fourth-order valence-corrected chi connectivity index (χ4v) is 5.29. The molecule has 3 atom stereocenters. The van der Waals surface area contributed by atoms with Crippen molar-refractivity contribution in [3.05, 3.63) is 96.1 Å². The van der Waals surface area contributed by atoms with E-state index < -0.39 is 0 Å². The topological polar surface area (TPSA) is 26.7 Å². The Morgan fingerprint density at radius 3 is 2.32 bits per heavy atom. The molecular formula is C27H31ClN2O. The molecule has 3 aromatic carbocycles. The van der Waals surface area contributed by atoms with E-state index in [0.717, 1.165) is 38.0 Å². The first-order chi connectivity index (χ1) is 14.8. The predicted molar refractivity (Wildman–Crippen MR) is 130 cm³/mol. The Morgan fingerprint density at radius 2 is 1.55 bits per heavy atom. The fourth-order valence-electron chi connectivity index (χ4n) is 5.29. The third-order valence-corrected chi connectivity index (χ3v) is 6.76. The molecule has 2 aliphatic heterocycles. The van der Waals surface area contributed by atoms with E-state index in [2.05, 4.69) is 64.4 Å². The zero-order valence-electron chi connectivity index (χ0n) is 17.8. The molecule has 0 bridgehead atoms. The van der Waals surface area contributed by atoms with Crippen LogP contribution in [0.25, 0.3) is 0 Å². The summed E-state index contributed by atoms with van der Waals surface area (Å²) >= 11 is 0. The average molecular weight is 435 g/mol. The van der Waals surface area contributed by atoms with Gasteiger partial charge >= 0.3 is 0 Å². The van der Waals surface area contributed by atoms with E-state index in [-0.39, 0.29) is 18.5 Å². The Bertz CT molecular complexity index is 963. The van der Waals surface area contributed by atoms with Gasteiger partial charge in [-0.1, -0.05) is 66.7 Å². The van der Waals surface area contributed by atoms with Crippen LogP contribution in [0.3, 0.4) is 0 Å². The van der Waals surface area contributed by atoms with Gasteiger partial charge in [-0.2, -0.15) is 0 Å². The Balaban J connectivity index is 0.00000231. The van der Waals surface area contributed by atoms with E-state index in [4.69, 9.17) is 0 Å². The Hall–Kier alpha value is -2.33. The van der Waals surface area contributed by atoms with E-state index in [1.54, 1.807) is 0 Å². The van der Waals surface area contributed by atoms with Crippen LogP contribution in [0.5, 0.6) is 0 Å². The molecule has 0 radical (unpaired) electrons. The Morgan fingerprint density at radius 1 is 0.871 bits per heavy atom. The van der Waals surface area contributed by atoms with Crippen molar-refractivity contribution in [2.45, 2.75) is 37.3 Å². The highest BCUT2D eigenvalue weighted by atomic mass is 35.5. The van der Waals surface area contributed by atoms with Crippen molar-refractivity contribution in [1.29, 1.82) is 0 Å². The summed E-state index contributed by atoms with van der Waals surface area (Å²) in [6.07, 6.45) is 2.67. The number of anilines is 2. The van der Waals surface area contributed by atoms with Gasteiger partial charge in [-0.3, -0.25) is 0 Å². The number of halogens is 1. The molecule has 0 spiro atoms. The van der Waals surface area contributed by atoms with Crippen LogP contribution in [-0.2, 0) is 0 Å². The Labute approximate surface area is 191 Å². The lowest BCUT2D eigenvalue weighted by atomic mass is 9.89. The van der Waals surface area contributed by atoms with Gasteiger partial charge in [-0.05, 0) is 55.1 Å². The second-order valence-electron chi connectivity index (χ2n) is 8.60. The molecule has 1 unspecified atom stereocenters. The highest BCUT2D eigenvalue weighted by molar-refractivity contribution is 5.85. The molecule has 5 rings (SSSR count). The van der Waals surface area contributed by atoms with Crippen LogP contribution >= 0.6 is 12.4 Å². The molecule has 0 saturated carbocycles. The van der Waals surface area contributed by atoms with Crippen LogP contribution in [0.4, 0.5) is 11.4 Å². The molecule has 0 aromatic heterocycles. The van der Waals surface area contributed by atoms with Gasteiger partial charge in [-0.15, -0.1) is 12.4 Å². The van der Waals surface area contributed by atoms with E-state index in [0.29, 0.717) is 12.0 Å². The maximum atomic E-state index is 10.5. The summed E-state index contributed by atoms with van der Waals surface area (Å²) < 4.78 is 0. The summed E-state index contributed by atoms with van der Waals surface area (Å²) in [5.41, 5.74) is 5.19. The fraction of sp³-hybridized carbons (Fsp3) is 0.333. The van der Waals surface area contributed by atoms with Gasteiger partial charge in [0, 0.05) is 36.4 Å². The zero-order valence-corrected chi connectivity index (χ0v) is 18.6. The van der Waals surface area contributed by atoms with Gasteiger partial charge in [0.15, 0.2) is 0 Å². The largest absolute Gasteiger partial charge is 0.388 e. The maximum Gasteiger partial charge on any atom is 0.0790 e. The molecule has 2 aliphatic rings. The van der Waals surface area contributed by atoms with Crippen molar-refractivity contribution >= 4 is 23.8 Å². The van der Waals surface area contributed by atoms with Gasteiger partial charge in [0.25, 0.3) is 0 Å². The molecule has 162 valence electrons. The van der Waals surface area contributed by atoms with E-state index in [9.17, 15) is 5.11 Å². The minimum Gasteiger partial charge on any atom is -0.388 e. The van der Waals surface area contributed by atoms with Crippen molar-refractivity contribution in [2.24, 2.45) is 0 Å². The normalized spacial score (nSPS) is 21.1. The van der Waals surface area contributed by atoms with E-state index in [1.807, 2.05) is 30.3 Å². The number of piperidine rings is 1. The SMILES string of the molecule is Cl.OC(CCCN1CC[C@H]2[C@H](C1)c1ccccc1N2c1ccccc1)c1ccccc1. The van der Waals surface area contributed by atoms with Crippen LogP contribution < -0.4 is 4.90 Å². The van der Waals surface area contributed by atoms with Crippen molar-refractivity contribution in [3.8, 4) is 0 Å². The summed E-state index contributed by atoms with van der Waals surface area (Å²) in [4.78, 5) is 5.17. The van der Waals surface area contributed by atoms with Crippen LogP contribution in [0.1, 0.15) is 42.4 Å². The number of likely N-dealkylation sites (tertiary alicyclic amines) is 1. The monoisotopic (exact) mass is 434 g/mol. The van der Waals surface area contributed by atoms with Gasteiger partial charge < -0.3 is 14.9 Å². The van der Waals surface area contributed by atoms with Gasteiger partial charge in [0.05, 0.1) is 6.10 Å². The third-order valence-electron chi connectivity index (χ3n) is 6.76. The lowest BCUT2D eigenvalue weighted by Crippen LogP contribution is -2.45. The zero-order chi connectivity index (χ0) is 20.3. The number of aliphatic hydroxyl groups excluding tert-OH is 1. The second-order valence-corrected chi connectivity index (χ2v) is 8.60. The molecule has 0 amide bonds. The Kier molecular flexibility index (Phi) is 6.96. The molecule has 3 aromatic rings. The van der Waals surface area contributed by atoms with Crippen molar-refractivity contribution < 1.29 is 5.11 Å². The molecule has 1 N–H and O–H groups in total. The molecule has 2 heterocycles. The van der Waals surface area contributed by atoms with Gasteiger partial charge in [0.1, 0.15) is 0 Å². The first-order valence-electron chi connectivity index (χ1n) is 11.2. The van der Waals surface area contributed by atoms with Gasteiger partial charge in [-0.25, -0.2) is 0 Å². The number of fused-ring (bicyclic) bond motifs is 3. The molecular weight excluding hydrogens is 404 g/mol. The highest BCUT2D eigenvalue weighted by Crippen LogP contribution is 2.48. The minimum absolute atomic E-state index is 0. The molecule has 31 heavy (non-hydrogen) atoms. The number of hydrogen-bond donors (Lipinski definition) is 1. The van der Waals surface area contributed by atoms with E-state index in [1.165, 1.54) is 23.4 Å². The average Bonchev–Trinajstić information content (AvgIpc) is 3.14. The first kappa shape index (κ1) is 21.9. The van der Waals surface area contributed by atoms with Gasteiger partial charge in [0.2, 0.25) is 0 Å². The molecule has 0 aliphatic carbocycles. The number of hydrogen-bond acceptors (Lipinski definition) is 3. The van der Waals surface area contributed by atoms with Crippen molar-refractivity contribution in [1.82, 2.24) is 4.90 Å². The molecule has 3 nitrogen and oxygen atoms in total. The van der Waals surface area contributed by atoms with Crippen LogP contribution in [-0.4, -0.2) is 35.7 Å². The summed E-state index contributed by atoms with van der Waals surface area (Å²) in [6, 6.07) is 30.3. The lowest BCUT2D eigenvalue weighted by Gasteiger charge is -2.39.